The van der Waals surface area contributed by atoms with Crippen LogP contribution in [-0.4, -0.2) is 25.1 Å². The van der Waals surface area contributed by atoms with Crippen LogP contribution in [0.1, 0.15) is 43.7 Å². The van der Waals surface area contributed by atoms with E-state index in [1.54, 1.807) is 7.05 Å². The number of ether oxygens (including phenoxy) is 1. The highest BCUT2D eigenvalue weighted by molar-refractivity contribution is 5.84. The van der Waals surface area contributed by atoms with Crippen LogP contribution < -0.4 is 15.8 Å². The van der Waals surface area contributed by atoms with Gasteiger partial charge in [-0.25, -0.2) is 0 Å². The minimum absolute atomic E-state index is 0.321. The molecule has 0 aromatic heterocycles. The minimum Gasteiger partial charge on any atom is -0.494 e. The molecule has 1 aliphatic carbocycles. The quantitative estimate of drug-likeness (QED) is 0.757. The van der Waals surface area contributed by atoms with Gasteiger partial charge in [0, 0.05) is 0 Å². The number of hydrogen-bond acceptors (Lipinski definition) is 3. The number of carbonyl (C=O) groups is 1. The molecule has 4 heteroatoms. The molecule has 2 rings (SSSR count). The van der Waals surface area contributed by atoms with Crippen LogP contribution in [0.2, 0.25) is 0 Å². The van der Waals surface area contributed by atoms with Crippen molar-refractivity contribution in [2.45, 2.75) is 51.0 Å². The van der Waals surface area contributed by atoms with E-state index in [1.807, 2.05) is 6.92 Å². The van der Waals surface area contributed by atoms with E-state index < -0.39 is 5.54 Å². The zero-order chi connectivity index (χ0) is 15.3. The maximum atomic E-state index is 11.4. The summed E-state index contributed by atoms with van der Waals surface area (Å²) >= 11 is 0. The molecule has 1 aromatic rings. The first-order chi connectivity index (χ1) is 10.0. The molecular formula is C17H26N2O2. The van der Waals surface area contributed by atoms with Crippen molar-refractivity contribution in [2.24, 2.45) is 5.73 Å². The third-order valence-corrected chi connectivity index (χ3v) is 4.51. The highest BCUT2D eigenvalue weighted by Gasteiger charge is 2.28. The van der Waals surface area contributed by atoms with Crippen LogP contribution in [0.3, 0.4) is 0 Å². The van der Waals surface area contributed by atoms with Gasteiger partial charge in [0.05, 0.1) is 12.1 Å². The molecule has 116 valence electrons. The summed E-state index contributed by atoms with van der Waals surface area (Å²) in [6.07, 6.45) is 6.38. The summed E-state index contributed by atoms with van der Waals surface area (Å²) in [4.78, 5) is 11.4. The van der Waals surface area contributed by atoms with E-state index in [0.29, 0.717) is 13.0 Å². The van der Waals surface area contributed by atoms with Gasteiger partial charge in [0.15, 0.2) is 0 Å². The smallest absolute Gasteiger partial charge is 0.237 e. The van der Waals surface area contributed by atoms with E-state index in [9.17, 15) is 4.79 Å². The second-order valence-electron chi connectivity index (χ2n) is 6.04. The molecule has 1 unspecified atom stereocenters. The summed E-state index contributed by atoms with van der Waals surface area (Å²) < 4.78 is 5.81. The Bertz CT molecular complexity index is 502. The predicted octanol–water partition coefficient (Wildman–Crippen LogP) is 2.19. The molecule has 1 atom stereocenters. The van der Waals surface area contributed by atoms with Gasteiger partial charge in [0.25, 0.3) is 0 Å². The monoisotopic (exact) mass is 290 g/mol. The van der Waals surface area contributed by atoms with Crippen molar-refractivity contribution in [3.8, 4) is 5.75 Å². The van der Waals surface area contributed by atoms with Crippen molar-refractivity contribution in [3.05, 3.63) is 29.3 Å². The second kappa shape index (κ2) is 6.94. The van der Waals surface area contributed by atoms with Gasteiger partial charge in [-0.15, -0.1) is 0 Å². The molecule has 0 radical (unpaired) electrons. The van der Waals surface area contributed by atoms with Crippen LogP contribution in [0.25, 0.3) is 0 Å². The van der Waals surface area contributed by atoms with Crippen molar-refractivity contribution >= 4 is 5.91 Å². The van der Waals surface area contributed by atoms with Crippen LogP contribution >= 0.6 is 0 Å². The lowest BCUT2D eigenvalue weighted by Crippen LogP contribution is -2.51. The molecule has 4 nitrogen and oxygen atoms in total. The third-order valence-electron chi connectivity index (χ3n) is 4.51. The van der Waals surface area contributed by atoms with Crippen LogP contribution in [0.5, 0.6) is 5.75 Å². The topological polar surface area (TPSA) is 64.3 Å². The fraction of sp³-hybridized carbons (Fsp3) is 0.588. The Balaban J connectivity index is 1.82. The summed E-state index contributed by atoms with van der Waals surface area (Å²) in [5.74, 6) is 0.611. The van der Waals surface area contributed by atoms with E-state index in [-0.39, 0.29) is 5.91 Å². The normalized spacial score (nSPS) is 16.9. The van der Waals surface area contributed by atoms with Gasteiger partial charge in [-0.1, -0.05) is 6.07 Å². The number of fused-ring (bicyclic) bond motifs is 1. The highest BCUT2D eigenvalue weighted by atomic mass is 16.5. The number of likely N-dealkylation sites (N-methyl/N-ethyl adjacent to an activating group) is 1. The number of nitrogens with one attached hydrogen (secondary N) is 1. The minimum atomic E-state index is -0.654. The van der Waals surface area contributed by atoms with Crippen LogP contribution in [0.15, 0.2) is 18.2 Å². The highest BCUT2D eigenvalue weighted by Crippen LogP contribution is 2.25. The largest absolute Gasteiger partial charge is 0.494 e. The molecule has 0 saturated heterocycles. The number of primary amides is 1. The number of benzene rings is 1. The van der Waals surface area contributed by atoms with E-state index in [0.717, 1.165) is 18.6 Å². The third kappa shape index (κ3) is 3.97. The number of aryl methyl sites for hydroxylation is 2. The predicted molar refractivity (Wildman–Crippen MR) is 84.5 cm³/mol. The molecule has 1 aliphatic rings. The maximum absolute atomic E-state index is 11.4. The lowest BCUT2D eigenvalue weighted by molar-refractivity contribution is -0.123. The first-order valence-corrected chi connectivity index (χ1v) is 7.78. The molecule has 3 N–H and O–H groups in total. The Hall–Kier alpha value is -1.55. The molecule has 0 saturated carbocycles. The van der Waals surface area contributed by atoms with E-state index in [1.165, 1.54) is 30.4 Å². The Labute approximate surface area is 127 Å². The van der Waals surface area contributed by atoms with Gasteiger partial charge in [0.1, 0.15) is 5.75 Å². The van der Waals surface area contributed by atoms with E-state index in [4.69, 9.17) is 10.5 Å². The molecule has 1 aromatic carbocycles. The molecule has 21 heavy (non-hydrogen) atoms. The number of amides is 1. The van der Waals surface area contributed by atoms with Gasteiger partial charge in [-0.05, 0) is 75.8 Å². The van der Waals surface area contributed by atoms with Crippen LogP contribution in [0.4, 0.5) is 0 Å². The van der Waals surface area contributed by atoms with Crippen molar-refractivity contribution in [2.75, 3.05) is 13.7 Å². The zero-order valence-corrected chi connectivity index (χ0v) is 13.1. The van der Waals surface area contributed by atoms with Gasteiger partial charge < -0.3 is 15.8 Å². The van der Waals surface area contributed by atoms with Crippen molar-refractivity contribution in [1.82, 2.24) is 5.32 Å². The van der Waals surface area contributed by atoms with Crippen LogP contribution in [0, 0.1) is 0 Å². The first kappa shape index (κ1) is 15.8. The van der Waals surface area contributed by atoms with Crippen molar-refractivity contribution in [1.29, 1.82) is 0 Å². The molecule has 0 fully saturated rings. The Morgan fingerprint density at radius 2 is 2.05 bits per heavy atom. The Morgan fingerprint density at radius 1 is 1.33 bits per heavy atom. The SMILES string of the molecule is CNC(C)(CCCOc1ccc2c(c1)CCCC2)C(N)=O. The molecule has 1 amide bonds. The standard InChI is InChI=1S/C17H26N2O2/c1-17(19-2,16(18)20)10-5-11-21-15-9-8-13-6-3-4-7-14(13)12-15/h8-9,12,19H,3-7,10-11H2,1-2H3,(H2,18,20). The molecule has 0 heterocycles. The fourth-order valence-electron chi connectivity index (χ4n) is 2.79. The lowest BCUT2D eigenvalue weighted by atomic mass is 9.92. The summed E-state index contributed by atoms with van der Waals surface area (Å²) in [5.41, 5.74) is 7.65. The second-order valence-corrected chi connectivity index (χ2v) is 6.04. The van der Waals surface area contributed by atoms with Gasteiger partial charge in [-0.2, -0.15) is 0 Å². The lowest BCUT2D eigenvalue weighted by Gasteiger charge is -2.25. The maximum Gasteiger partial charge on any atom is 0.237 e. The van der Waals surface area contributed by atoms with Gasteiger partial charge >= 0.3 is 0 Å². The molecular weight excluding hydrogens is 264 g/mol. The molecule has 0 spiro atoms. The number of rotatable bonds is 7. The van der Waals surface area contributed by atoms with Crippen molar-refractivity contribution in [3.63, 3.8) is 0 Å². The average Bonchev–Trinajstić information content (AvgIpc) is 2.51. The molecule has 0 bridgehead atoms. The summed E-state index contributed by atoms with van der Waals surface area (Å²) in [6.45, 7) is 2.43. The van der Waals surface area contributed by atoms with E-state index in [2.05, 4.69) is 23.5 Å². The molecule has 0 aliphatic heterocycles. The van der Waals surface area contributed by atoms with Gasteiger partial charge in [-0.3, -0.25) is 4.79 Å². The number of carbonyl (C=O) groups excluding carboxylic acids is 1. The Morgan fingerprint density at radius 3 is 2.71 bits per heavy atom. The van der Waals surface area contributed by atoms with Gasteiger partial charge in [0.2, 0.25) is 5.91 Å². The number of hydrogen-bond donors (Lipinski definition) is 2. The summed E-state index contributed by atoms with van der Waals surface area (Å²) in [7, 11) is 1.76. The van der Waals surface area contributed by atoms with Crippen LogP contribution in [-0.2, 0) is 17.6 Å². The average molecular weight is 290 g/mol. The summed E-state index contributed by atoms with van der Waals surface area (Å²) in [6, 6.07) is 6.40. The Kier molecular flexibility index (Phi) is 5.23. The van der Waals surface area contributed by atoms with Crippen molar-refractivity contribution < 1.29 is 9.53 Å². The fourth-order valence-corrected chi connectivity index (χ4v) is 2.79. The number of nitrogens with two attached hydrogens (primary N) is 1. The first-order valence-electron chi connectivity index (χ1n) is 7.78. The summed E-state index contributed by atoms with van der Waals surface area (Å²) in [5, 5.41) is 2.99. The zero-order valence-electron chi connectivity index (χ0n) is 13.1. The van der Waals surface area contributed by atoms with E-state index >= 15 is 0 Å².